The number of benzene rings is 3. The third kappa shape index (κ3) is 6.49. The number of carbonyl (C=O) groups excluding carboxylic acids is 1. The Balaban J connectivity index is 1.61. The number of hydrogen-bond donors (Lipinski definition) is 2. The van der Waals surface area contributed by atoms with Crippen LogP contribution in [0.1, 0.15) is 59.4 Å². The van der Waals surface area contributed by atoms with Gasteiger partial charge in [0.05, 0.1) is 40.1 Å². The third-order valence-electron chi connectivity index (χ3n) is 6.06. The van der Waals surface area contributed by atoms with Crippen molar-refractivity contribution in [2.24, 2.45) is 0 Å². The van der Waals surface area contributed by atoms with Crippen LogP contribution in [-0.4, -0.2) is 27.0 Å². The van der Waals surface area contributed by atoms with Gasteiger partial charge in [-0.05, 0) is 74.2 Å². The van der Waals surface area contributed by atoms with Crippen LogP contribution in [0.25, 0.3) is 22.3 Å². The van der Waals surface area contributed by atoms with Crippen molar-refractivity contribution in [1.29, 1.82) is 5.26 Å². The molecule has 0 radical (unpaired) electrons. The van der Waals surface area contributed by atoms with E-state index in [0.29, 0.717) is 52.1 Å². The second-order valence-electron chi connectivity index (χ2n) is 8.76. The van der Waals surface area contributed by atoms with Gasteiger partial charge in [-0.2, -0.15) is 5.26 Å². The highest BCUT2D eigenvalue weighted by Gasteiger charge is 2.16. The molecule has 7 nitrogen and oxygen atoms in total. The van der Waals surface area contributed by atoms with Crippen LogP contribution < -0.4 is 5.32 Å². The van der Waals surface area contributed by atoms with Crippen molar-refractivity contribution in [3.8, 4) is 17.3 Å². The van der Waals surface area contributed by atoms with E-state index in [1.54, 1.807) is 42.5 Å². The number of carboxylic acids is 1. The van der Waals surface area contributed by atoms with Gasteiger partial charge < -0.3 is 10.4 Å². The number of amides is 1. The molecule has 2 N–H and O–H groups in total. The first-order valence-electron chi connectivity index (χ1n) is 11.9. The fraction of sp³-hybridized carbons (Fsp3) is 0.207. The average Bonchev–Trinajstić information content (AvgIpc) is 2.90. The summed E-state index contributed by atoms with van der Waals surface area (Å²) in [6.07, 6.45) is 1.83. The number of fused-ring (bicyclic) bond motifs is 1. The number of rotatable bonds is 9. The molecule has 0 saturated carbocycles. The fourth-order valence-electron chi connectivity index (χ4n) is 4.02. The van der Waals surface area contributed by atoms with Gasteiger partial charge in [-0.3, -0.25) is 9.59 Å². The van der Waals surface area contributed by atoms with E-state index in [9.17, 15) is 9.59 Å². The summed E-state index contributed by atoms with van der Waals surface area (Å²) in [5.74, 6) is -1.07. The molecule has 1 amide bonds. The van der Waals surface area contributed by atoms with Crippen LogP contribution >= 0.6 is 11.6 Å². The van der Waals surface area contributed by atoms with Gasteiger partial charge in [-0.15, -0.1) is 0 Å². The molecule has 0 saturated heterocycles. The molecule has 186 valence electrons. The van der Waals surface area contributed by atoms with Gasteiger partial charge in [0.1, 0.15) is 0 Å². The first kappa shape index (κ1) is 25.8. The Labute approximate surface area is 219 Å². The maximum Gasteiger partial charge on any atom is 0.303 e. The molecular formula is C29H25ClN4O3. The predicted molar refractivity (Wildman–Crippen MR) is 142 cm³/mol. The third-order valence-corrected chi connectivity index (χ3v) is 6.31. The van der Waals surface area contributed by atoms with Crippen LogP contribution in [0.5, 0.6) is 0 Å². The Bertz CT molecular complexity index is 1480. The molecule has 4 rings (SSSR count). The number of aliphatic carboxylic acids is 1. The largest absolute Gasteiger partial charge is 0.481 e. The Morgan fingerprint density at radius 2 is 1.73 bits per heavy atom. The van der Waals surface area contributed by atoms with E-state index < -0.39 is 5.97 Å². The van der Waals surface area contributed by atoms with Gasteiger partial charge in [-0.25, -0.2) is 9.97 Å². The molecule has 0 bridgehead atoms. The highest BCUT2D eigenvalue weighted by Crippen LogP contribution is 2.27. The summed E-state index contributed by atoms with van der Waals surface area (Å²) in [5, 5.41) is 21.5. The molecule has 1 heterocycles. The Morgan fingerprint density at radius 3 is 2.41 bits per heavy atom. The lowest BCUT2D eigenvalue weighted by Crippen LogP contribution is -2.26. The van der Waals surface area contributed by atoms with Crippen LogP contribution in [0.3, 0.4) is 0 Å². The molecule has 0 fully saturated rings. The predicted octanol–water partition coefficient (Wildman–Crippen LogP) is 6.11. The molecule has 1 aromatic heterocycles. The van der Waals surface area contributed by atoms with Gasteiger partial charge in [-0.1, -0.05) is 35.9 Å². The summed E-state index contributed by atoms with van der Waals surface area (Å²) in [5.41, 5.74) is 5.47. The summed E-state index contributed by atoms with van der Waals surface area (Å²) < 4.78 is 0. The van der Waals surface area contributed by atoms with Crippen LogP contribution in [-0.2, 0) is 11.2 Å². The van der Waals surface area contributed by atoms with Gasteiger partial charge in [0.25, 0.3) is 5.91 Å². The molecule has 0 unspecified atom stereocenters. The lowest BCUT2D eigenvalue weighted by molar-refractivity contribution is -0.137. The number of aromatic nitrogens is 2. The zero-order valence-electron chi connectivity index (χ0n) is 20.2. The monoisotopic (exact) mass is 512 g/mol. The first-order valence-corrected chi connectivity index (χ1v) is 12.3. The van der Waals surface area contributed by atoms with E-state index >= 15 is 0 Å². The zero-order chi connectivity index (χ0) is 26.4. The van der Waals surface area contributed by atoms with Crippen molar-refractivity contribution < 1.29 is 14.7 Å². The molecule has 0 aliphatic heterocycles. The number of nitrogens with zero attached hydrogens (tertiary/aromatic N) is 3. The number of aryl methyl sites for hydroxylation is 1. The summed E-state index contributed by atoms with van der Waals surface area (Å²) in [4.78, 5) is 33.6. The van der Waals surface area contributed by atoms with Crippen LogP contribution in [0, 0.1) is 11.3 Å². The number of hydrogen-bond acceptors (Lipinski definition) is 5. The first-order chi connectivity index (χ1) is 17.8. The van der Waals surface area contributed by atoms with Gasteiger partial charge in [0, 0.05) is 22.6 Å². The highest BCUT2D eigenvalue weighted by atomic mass is 35.5. The molecule has 0 aliphatic rings. The number of carbonyl (C=O) groups is 2. The van der Waals surface area contributed by atoms with E-state index in [2.05, 4.69) is 11.4 Å². The standard InChI is InChI=1S/C29H25ClN4O3/c1-18(20-8-6-19(17-31)7-9-20)32-29(37)22-12-15-24-26(16-22)33-25(4-2-3-5-27(35)36)28(34-24)21-10-13-23(30)14-11-21/h6-16,18H,2-5H2,1H3,(H,32,37)(H,35,36)/t18-/m1/s1. The molecule has 3 aromatic carbocycles. The second-order valence-corrected chi connectivity index (χ2v) is 9.20. The van der Waals surface area contributed by atoms with Crippen molar-refractivity contribution in [2.45, 2.75) is 38.6 Å². The van der Waals surface area contributed by atoms with Gasteiger partial charge in [0.2, 0.25) is 0 Å². The summed E-state index contributed by atoms with van der Waals surface area (Å²) in [6.45, 7) is 1.88. The minimum atomic E-state index is -0.826. The molecule has 1 atom stereocenters. The number of carboxylic acid groups (broad SMARTS) is 1. The highest BCUT2D eigenvalue weighted by molar-refractivity contribution is 6.30. The number of nitriles is 1. The van der Waals surface area contributed by atoms with Gasteiger partial charge in [0.15, 0.2) is 0 Å². The minimum Gasteiger partial charge on any atom is -0.481 e. The number of unbranched alkanes of at least 4 members (excludes halogenated alkanes) is 1. The normalized spacial score (nSPS) is 11.6. The van der Waals surface area contributed by atoms with Crippen molar-refractivity contribution in [3.05, 3.63) is 94.1 Å². The van der Waals surface area contributed by atoms with Gasteiger partial charge >= 0.3 is 5.97 Å². The van der Waals surface area contributed by atoms with Crippen LogP contribution in [0.15, 0.2) is 66.7 Å². The van der Waals surface area contributed by atoms with Crippen LogP contribution in [0.2, 0.25) is 5.02 Å². The summed E-state index contributed by atoms with van der Waals surface area (Å²) >= 11 is 6.06. The fourth-order valence-corrected chi connectivity index (χ4v) is 4.15. The topological polar surface area (TPSA) is 116 Å². The Kier molecular flexibility index (Phi) is 8.11. The van der Waals surface area contributed by atoms with E-state index in [-0.39, 0.29) is 18.4 Å². The molecular weight excluding hydrogens is 488 g/mol. The Morgan fingerprint density at radius 1 is 1.00 bits per heavy atom. The van der Waals surface area contributed by atoms with Crippen molar-refractivity contribution >= 4 is 34.5 Å². The summed E-state index contributed by atoms with van der Waals surface area (Å²) in [7, 11) is 0. The maximum absolute atomic E-state index is 13.0. The molecule has 4 aromatic rings. The second kappa shape index (κ2) is 11.6. The quantitative estimate of drug-likeness (QED) is 0.261. The van der Waals surface area contributed by atoms with E-state index in [0.717, 1.165) is 16.8 Å². The molecule has 37 heavy (non-hydrogen) atoms. The average molecular weight is 513 g/mol. The Hall–Kier alpha value is -4.28. The minimum absolute atomic E-state index is 0.0963. The van der Waals surface area contributed by atoms with Crippen molar-refractivity contribution in [3.63, 3.8) is 0 Å². The van der Waals surface area contributed by atoms with Crippen LogP contribution in [0.4, 0.5) is 0 Å². The van der Waals surface area contributed by atoms with E-state index in [4.69, 9.17) is 31.9 Å². The van der Waals surface area contributed by atoms with E-state index in [1.165, 1.54) is 0 Å². The lowest BCUT2D eigenvalue weighted by Gasteiger charge is -2.15. The molecule has 0 spiro atoms. The lowest BCUT2D eigenvalue weighted by atomic mass is 10.0. The van der Waals surface area contributed by atoms with Crippen molar-refractivity contribution in [1.82, 2.24) is 15.3 Å². The number of halogens is 1. The maximum atomic E-state index is 13.0. The van der Waals surface area contributed by atoms with Crippen molar-refractivity contribution in [2.75, 3.05) is 0 Å². The SMILES string of the molecule is C[C@@H](NC(=O)c1ccc2nc(-c3ccc(Cl)cc3)c(CCCCC(=O)O)nc2c1)c1ccc(C#N)cc1. The molecule has 8 heteroatoms. The number of nitrogens with one attached hydrogen (secondary N) is 1. The zero-order valence-corrected chi connectivity index (χ0v) is 21.0. The molecule has 0 aliphatic carbocycles. The van der Waals surface area contributed by atoms with E-state index in [1.807, 2.05) is 31.2 Å². The smallest absolute Gasteiger partial charge is 0.303 e. The summed E-state index contributed by atoms with van der Waals surface area (Å²) in [6, 6.07) is 21.5.